The average Bonchev–Trinajstić information content (AvgIpc) is 2.85. The van der Waals surface area contributed by atoms with Crippen LogP contribution in [-0.4, -0.2) is 11.0 Å². The largest absolute Gasteiger partial charge is 0.366 e. The molecule has 0 saturated heterocycles. The number of anilines is 1. The normalized spacial score (nSPS) is 37.1. The summed E-state index contributed by atoms with van der Waals surface area (Å²) in [5.41, 5.74) is 0. The summed E-state index contributed by atoms with van der Waals surface area (Å²) in [5.74, 6) is 4.96. The molecule has 3 fully saturated rings. The van der Waals surface area contributed by atoms with Gasteiger partial charge in [0.05, 0.1) is 0 Å². The molecule has 3 aliphatic rings. The Morgan fingerprint density at radius 2 is 1.85 bits per heavy atom. The second-order valence-corrected chi connectivity index (χ2v) is 7.51. The van der Waals surface area contributed by atoms with Crippen LogP contribution in [0.4, 0.5) is 5.82 Å². The van der Waals surface area contributed by atoms with Gasteiger partial charge >= 0.3 is 0 Å². The molecular formula is C17H17BrN2. The minimum absolute atomic E-state index is 0.693. The van der Waals surface area contributed by atoms with E-state index in [9.17, 15) is 0 Å². The van der Waals surface area contributed by atoms with Gasteiger partial charge < -0.3 is 5.32 Å². The number of nitrogens with one attached hydrogen (secondary N) is 1. The molecule has 4 unspecified atom stereocenters. The molecule has 2 aromatic rings. The molecule has 5 rings (SSSR count). The summed E-state index contributed by atoms with van der Waals surface area (Å²) in [6, 6.07) is 9.14. The van der Waals surface area contributed by atoms with E-state index in [1.807, 2.05) is 6.20 Å². The molecule has 2 nitrogen and oxygen atoms in total. The lowest BCUT2D eigenvalue weighted by atomic mass is 10.0. The number of hydrogen-bond acceptors (Lipinski definition) is 2. The van der Waals surface area contributed by atoms with Gasteiger partial charge in [0.15, 0.2) is 0 Å². The highest BCUT2D eigenvalue weighted by atomic mass is 79.9. The van der Waals surface area contributed by atoms with E-state index in [1.54, 1.807) is 0 Å². The lowest BCUT2D eigenvalue weighted by Gasteiger charge is -2.13. The highest BCUT2D eigenvalue weighted by molar-refractivity contribution is 9.10. The predicted molar refractivity (Wildman–Crippen MR) is 84.7 cm³/mol. The van der Waals surface area contributed by atoms with E-state index in [0.717, 1.165) is 34.0 Å². The molecule has 1 aromatic carbocycles. The number of aromatic nitrogens is 1. The molecule has 0 aliphatic heterocycles. The molecule has 3 aliphatic carbocycles. The Kier molecular flexibility index (Phi) is 2.29. The maximum Gasteiger partial charge on any atom is 0.134 e. The van der Waals surface area contributed by atoms with Crippen molar-refractivity contribution in [1.29, 1.82) is 0 Å². The van der Waals surface area contributed by atoms with Crippen molar-refractivity contribution in [3.8, 4) is 0 Å². The van der Waals surface area contributed by atoms with Crippen LogP contribution in [0.25, 0.3) is 10.8 Å². The summed E-state index contributed by atoms with van der Waals surface area (Å²) in [6.45, 7) is 0. The molecule has 0 spiro atoms. The molecule has 2 bridgehead atoms. The Morgan fingerprint density at radius 1 is 1.05 bits per heavy atom. The van der Waals surface area contributed by atoms with Crippen LogP contribution in [0.1, 0.15) is 19.3 Å². The fraction of sp³-hybridized carbons (Fsp3) is 0.471. The smallest absolute Gasteiger partial charge is 0.134 e. The first-order chi connectivity index (χ1) is 9.83. The summed E-state index contributed by atoms with van der Waals surface area (Å²) in [5, 5.41) is 6.24. The highest BCUT2D eigenvalue weighted by Gasteiger charge is 2.65. The number of fused-ring (bicyclic) bond motifs is 6. The Bertz CT molecular complexity index is 682. The molecule has 1 aromatic heterocycles. The van der Waals surface area contributed by atoms with Crippen molar-refractivity contribution in [2.45, 2.75) is 25.3 Å². The molecule has 20 heavy (non-hydrogen) atoms. The molecule has 1 heterocycles. The molecule has 102 valence electrons. The zero-order valence-electron chi connectivity index (χ0n) is 11.2. The van der Waals surface area contributed by atoms with Gasteiger partial charge in [-0.25, -0.2) is 4.98 Å². The third-order valence-electron chi connectivity index (χ3n) is 5.79. The van der Waals surface area contributed by atoms with Gasteiger partial charge in [-0.05, 0) is 55.1 Å². The number of halogens is 1. The minimum atomic E-state index is 0.693. The maximum absolute atomic E-state index is 4.59. The lowest BCUT2D eigenvalue weighted by Crippen LogP contribution is -2.13. The van der Waals surface area contributed by atoms with Crippen molar-refractivity contribution in [2.75, 3.05) is 5.32 Å². The summed E-state index contributed by atoms with van der Waals surface area (Å²) >= 11 is 3.63. The van der Waals surface area contributed by atoms with Crippen LogP contribution in [0.5, 0.6) is 0 Å². The SMILES string of the molecule is Brc1cccc2c(NC3C4C5CCC(C5)C34)nccc12. The van der Waals surface area contributed by atoms with Crippen molar-refractivity contribution in [1.82, 2.24) is 4.98 Å². The van der Waals surface area contributed by atoms with Gasteiger partial charge in [-0.15, -0.1) is 0 Å². The van der Waals surface area contributed by atoms with Crippen molar-refractivity contribution in [3.05, 3.63) is 34.9 Å². The topological polar surface area (TPSA) is 24.9 Å². The van der Waals surface area contributed by atoms with Gasteiger partial charge in [-0.3, -0.25) is 0 Å². The summed E-state index contributed by atoms with van der Waals surface area (Å²) < 4.78 is 1.15. The molecule has 3 saturated carbocycles. The Morgan fingerprint density at radius 3 is 2.65 bits per heavy atom. The second kappa shape index (κ2) is 3.97. The number of rotatable bonds is 2. The van der Waals surface area contributed by atoms with Gasteiger partial charge in [0.1, 0.15) is 5.82 Å². The zero-order chi connectivity index (χ0) is 13.3. The predicted octanol–water partition coefficient (Wildman–Crippen LogP) is 4.45. The van der Waals surface area contributed by atoms with Crippen molar-refractivity contribution >= 4 is 32.5 Å². The van der Waals surface area contributed by atoms with E-state index < -0.39 is 0 Å². The zero-order valence-corrected chi connectivity index (χ0v) is 12.8. The van der Waals surface area contributed by atoms with E-state index >= 15 is 0 Å². The Labute approximate surface area is 127 Å². The maximum atomic E-state index is 4.59. The summed E-state index contributed by atoms with van der Waals surface area (Å²) in [7, 11) is 0. The fourth-order valence-electron chi connectivity index (χ4n) is 4.96. The van der Waals surface area contributed by atoms with E-state index in [0.29, 0.717) is 6.04 Å². The van der Waals surface area contributed by atoms with Crippen LogP contribution in [0.15, 0.2) is 34.9 Å². The lowest BCUT2D eigenvalue weighted by molar-refractivity contribution is 0.456. The van der Waals surface area contributed by atoms with E-state index in [4.69, 9.17) is 0 Å². The second-order valence-electron chi connectivity index (χ2n) is 6.65. The van der Waals surface area contributed by atoms with Crippen LogP contribution in [-0.2, 0) is 0 Å². The van der Waals surface area contributed by atoms with Gasteiger partial charge in [-0.1, -0.05) is 28.1 Å². The molecule has 3 heteroatoms. The van der Waals surface area contributed by atoms with Crippen LogP contribution in [0, 0.1) is 23.7 Å². The van der Waals surface area contributed by atoms with E-state index in [-0.39, 0.29) is 0 Å². The summed E-state index contributed by atoms with van der Waals surface area (Å²) in [4.78, 5) is 4.59. The van der Waals surface area contributed by atoms with Crippen LogP contribution < -0.4 is 5.32 Å². The third kappa shape index (κ3) is 1.47. The highest BCUT2D eigenvalue weighted by Crippen LogP contribution is 2.66. The van der Waals surface area contributed by atoms with Gasteiger partial charge in [0.25, 0.3) is 0 Å². The van der Waals surface area contributed by atoms with Gasteiger partial charge in [0.2, 0.25) is 0 Å². The van der Waals surface area contributed by atoms with Crippen molar-refractivity contribution in [2.24, 2.45) is 23.7 Å². The molecule has 1 N–H and O–H groups in total. The Balaban J connectivity index is 1.49. The number of benzene rings is 1. The number of nitrogens with zero attached hydrogens (tertiary/aromatic N) is 1. The first kappa shape index (κ1) is 11.6. The van der Waals surface area contributed by atoms with Gasteiger partial charge in [-0.2, -0.15) is 0 Å². The third-order valence-corrected chi connectivity index (χ3v) is 6.48. The van der Waals surface area contributed by atoms with E-state index in [2.05, 4.69) is 50.5 Å². The van der Waals surface area contributed by atoms with E-state index in [1.165, 1.54) is 30.0 Å². The van der Waals surface area contributed by atoms with Crippen molar-refractivity contribution in [3.63, 3.8) is 0 Å². The molecule has 4 atom stereocenters. The van der Waals surface area contributed by atoms with Crippen LogP contribution in [0.2, 0.25) is 0 Å². The first-order valence-electron chi connectivity index (χ1n) is 7.63. The average molecular weight is 329 g/mol. The monoisotopic (exact) mass is 328 g/mol. The Hall–Kier alpha value is -1.09. The fourth-order valence-corrected chi connectivity index (χ4v) is 5.46. The molecular weight excluding hydrogens is 312 g/mol. The van der Waals surface area contributed by atoms with Crippen LogP contribution in [0.3, 0.4) is 0 Å². The quantitative estimate of drug-likeness (QED) is 0.880. The first-order valence-corrected chi connectivity index (χ1v) is 8.42. The van der Waals surface area contributed by atoms with Gasteiger partial charge in [0, 0.05) is 27.5 Å². The number of hydrogen-bond donors (Lipinski definition) is 1. The van der Waals surface area contributed by atoms with Crippen LogP contribution >= 0.6 is 15.9 Å². The minimum Gasteiger partial charge on any atom is -0.366 e. The van der Waals surface area contributed by atoms with Crippen molar-refractivity contribution < 1.29 is 0 Å². The molecule has 0 amide bonds. The summed E-state index contributed by atoms with van der Waals surface area (Å²) in [6.07, 6.45) is 6.36. The molecule has 0 radical (unpaired) electrons. The standard InChI is InChI=1S/C17H17BrN2/c18-13-3-1-2-12-11(13)6-7-19-17(12)20-16-14-9-4-5-10(8-9)15(14)16/h1-3,6-7,9-10,14-16H,4-5,8H2,(H,19,20). The number of pyridine rings is 1.